The third-order valence-corrected chi connectivity index (χ3v) is 3.31. The highest BCUT2D eigenvalue weighted by Crippen LogP contribution is 2.34. The number of methoxy groups -OCH3 is 2. The number of hydrogen-bond acceptors (Lipinski definition) is 3. The van der Waals surface area contributed by atoms with Crippen molar-refractivity contribution in [3.63, 3.8) is 0 Å². The Morgan fingerprint density at radius 1 is 0.952 bits per heavy atom. The Kier molecular flexibility index (Phi) is 4.75. The second kappa shape index (κ2) is 6.54. The first-order chi connectivity index (χ1) is 10.1. The number of halogens is 2. The van der Waals surface area contributed by atoms with Gasteiger partial charge in [-0.05, 0) is 30.8 Å². The first kappa shape index (κ1) is 15.3. The molecule has 21 heavy (non-hydrogen) atoms. The highest BCUT2D eigenvalue weighted by molar-refractivity contribution is 5.46. The van der Waals surface area contributed by atoms with Gasteiger partial charge in [-0.3, -0.25) is 0 Å². The van der Waals surface area contributed by atoms with E-state index >= 15 is 0 Å². The summed E-state index contributed by atoms with van der Waals surface area (Å²) >= 11 is 0. The van der Waals surface area contributed by atoms with Crippen molar-refractivity contribution in [2.24, 2.45) is 0 Å². The van der Waals surface area contributed by atoms with Crippen LogP contribution in [0.25, 0.3) is 0 Å². The van der Waals surface area contributed by atoms with Gasteiger partial charge in [-0.2, -0.15) is 0 Å². The van der Waals surface area contributed by atoms with Gasteiger partial charge in [0, 0.05) is 11.6 Å². The van der Waals surface area contributed by atoms with Crippen LogP contribution in [-0.2, 0) is 0 Å². The largest absolute Gasteiger partial charge is 0.493 e. The van der Waals surface area contributed by atoms with E-state index in [0.717, 1.165) is 5.56 Å². The molecule has 0 heterocycles. The number of ether oxygens (including phenoxy) is 2. The molecule has 0 aromatic heterocycles. The zero-order chi connectivity index (χ0) is 15.4. The maximum Gasteiger partial charge on any atom is 0.163 e. The van der Waals surface area contributed by atoms with E-state index in [1.165, 1.54) is 32.4 Å². The van der Waals surface area contributed by atoms with Gasteiger partial charge in [0.15, 0.2) is 11.5 Å². The van der Waals surface area contributed by atoms with E-state index in [4.69, 9.17) is 9.47 Å². The van der Waals surface area contributed by atoms with Crippen molar-refractivity contribution in [2.75, 3.05) is 21.3 Å². The summed E-state index contributed by atoms with van der Waals surface area (Å²) in [5.41, 5.74) is 1.16. The molecule has 1 atom stereocenters. The quantitative estimate of drug-likeness (QED) is 0.917. The van der Waals surface area contributed by atoms with Crippen molar-refractivity contribution in [2.45, 2.75) is 6.04 Å². The smallest absolute Gasteiger partial charge is 0.163 e. The Morgan fingerprint density at radius 2 is 1.52 bits per heavy atom. The first-order valence-corrected chi connectivity index (χ1v) is 6.44. The van der Waals surface area contributed by atoms with Gasteiger partial charge in [0.25, 0.3) is 0 Å². The second-order valence-electron chi connectivity index (χ2n) is 4.50. The lowest BCUT2D eigenvalue weighted by atomic mass is 9.98. The molecular formula is C16H17F2NO2. The molecule has 1 N–H and O–H groups in total. The van der Waals surface area contributed by atoms with Crippen LogP contribution in [0.2, 0.25) is 0 Å². The van der Waals surface area contributed by atoms with E-state index < -0.39 is 11.9 Å². The molecular weight excluding hydrogens is 276 g/mol. The zero-order valence-corrected chi connectivity index (χ0v) is 12.1. The molecule has 0 fully saturated rings. The molecule has 0 bridgehead atoms. The molecule has 0 saturated carbocycles. The lowest BCUT2D eigenvalue weighted by molar-refractivity contribution is 0.351. The van der Waals surface area contributed by atoms with Crippen LogP contribution in [0.1, 0.15) is 17.2 Å². The fraction of sp³-hybridized carbons (Fsp3) is 0.250. The third-order valence-electron chi connectivity index (χ3n) is 3.31. The number of benzene rings is 2. The van der Waals surface area contributed by atoms with Crippen LogP contribution in [-0.4, -0.2) is 21.3 Å². The SMILES string of the molecule is CNC(c1ccc(F)cc1)c1cc(OC)c(OC)cc1F. The fourth-order valence-electron chi connectivity index (χ4n) is 2.25. The van der Waals surface area contributed by atoms with Gasteiger partial charge >= 0.3 is 0 Å². The molecule has 0 amide bonds. The molecule has 0 aliphatic heterocycles. The van der Waals surface area contributed by atoms with E-state index in [9.17, 15) is 8.78 Å². The average molecular weight is 293 g/mol. The summed E-state index contributed by atoms with van der Waals surface area (Å²) in [7, 11) is 4.66. The molecule has 0 aliphatic rings. The van der Waals surface area contributed by atoms with E-state index in [1.807, 2.05) is 0 Å². The summed E-state index contributed by atoms with van der Waals surface area (Å²) in [5.74, 6) is 0.0154. The van der Waals surface area contributed by atoms with Crippen LogP contribution in [0.3, 0.4) is 0 Å². The van der Waals surface area contributed by atoms with Gasteiger partial charge in [0.2, 0.25) is 0 Å². The van der Waals surface area contributed by atoms with Crippen molar-refractivity contribution in [1.29, 1.82) is 0 Å². The van der Waals surface area contributed by atoms with Crippen LogP contribution in [0.4, 0.5) is 8.78 Å². The Labute approximate surface area is 122 Å². The van der Waals surface area contributed by atoms with Gasteiger partial charge in [-0.15, -0.1) is 0 Å². The summed E-state index contributed by atoms with van der Waals surface area (Å²) in [5, 5.41) is 3.02. The molecule has 5 heteroatoms. The van der Waals surface area contributed by atoms with E-state index in [-0.39, 0.29) is 5.82 Å². The van der Waals surface area contributed by atoms with Crippen molar-refractivity contribution in [1.82, 2.24) is 5.32 Å². The minimum atomic E-state index is -0.420. The third kappa shape index (κ3) is 3.13. The molecule has 0 aliphatic carbocycles. The second-order valence-corrected chi connectivity index (χ2v) is 4.50. The monoisotopic (exact) mass is 293 g/mol. The Hall–Kier alpha value is -2.14. The van der Waals surface area contributed by atoms with Gasteiger partial charge in [0.05, 0.1) is 20.3 Å². The van der Waals surface area contributed by atoms with Crippen LogP contribution < -0.4 is 14.8 Å². The number of nitrogens with one attached hydrogen (secondary N) is 1. The van der Waals surface area contributed by atoms with Crippen molar-refractivity contribution in [3.8, 4) is 11.5 Å². The maximum absolute atomic E-state index is 14.3. The van der Waals surface area contributed by atoms with Gasteiger partial charge in [-0.25, -0.2) is 8.78 Å². The van der Waals surface area contributed by atoms with Crippen LogP contribution in [0, 0.1) is 11.6 Å². The summed E-state index contributed by atoms with van der Waals surface area (Å²) in [6, 6.07) is 8.38. The molecule has 2 aromatic rings. The lowest BCUT2D eigenvalue weighted by Crippen LogP contribution is -2.19. The molecule has 2 rings (SSSR count). The molecule has 3 nitrogen and oxygen atoms in total. The highest BCUT2D eigenvalue weighted by atomic mass is 19.1. The van der Waals surface area contributed by atoms with Crippen LogP contribution in [0.5, 0.6) is 11.5 Å². The summed E-state index contributed by atoms with van der Waals surface area (Å²) in [6.07, 6.45) is 0. The molecule has 112 valence electrons. The summed E-state index contributed by atoms with van der Waals surface area (Å²) in [6.45, 7) is 0. The van der Waals surface area contributed by atoms with Crippen LogP contribution >= 0.6 is 0 Å². The number of rotatable bonds is 5. The predicted molar refractivity (Wildman–Crippen MR) is 76.8 cm³/mol. The Balaban J connectivity index is 2.49. The highest BCUT2D eigenvalue weighted by Gasteiger charge is 2.19. The number of hydrogen-bond donors (Lipinski definition) is 1. The fourth-order valence-corrected chi connectivity index (χ4v) is 2.25. The Morgan fingerprint density at radius 3 is 2.05 bits per heavy atom. The normalized spacial score (nSPS) is 12.0. The predicted octanol–water partition coefficient (Wildman–Crippen LogP) is 3.29. The lowest BCUT2D eigenvalue weighted by Gasteiger charge is -2.19. The minimum absolute atomic E-state index is 0.327. The molecule has 0 radical (unpaired) electrons. The van der Waals surface area contributed by atoms with Crippen molar-refractivity contribution < 1.29 is 18.3 Å². The van der Waals surface area contributed by atoms with E-state index in [1.54, 1.807) is 25.2 Å². The minimum Gasteiger partial charge on any atom is -0.493 e. The molecule has 0 spiro atoms. The molecule has 1 unspecified atom stereocenters. The molecule has 0 saturated heterocycles. The van der Waals surface area contributed by atoms with Gasteiger partial charge in [0.1, 0.15) is 11.6 Å². The average Bonchev–Trinajstić information content (AvgIpc) is 2.50. The summed E-state index contributed by atoms with van der Waals surface area (Å²) in [4.78, 5) is 0. The standard InChI is InChI=1S/C16H17F2NO2/c1-19-16(10-4-6-11(17)7-5-10)12-8-14(20-2)15(21-3)9-13(12)18/h4-9,16,19H,1-3H3. The zero-order valence-electron chi connectivity index (χ0n) is 12.1. The first-order valence-electron chi connectivity index (χ1n) is 6.44. The van der Waals surface area contributed by atoms with Crippen molar-refractivity contribution >= 4 is 0 Å². The summed E-state index contributed by atoms with van der Waals surface area (Å²) < 4.78 is 37.6. The Bertz CT molecular complexity index is 614. The van der Waals surface area contributed by atoms with Gasteiger partial charge in [-0.1, -0.05) is 12.1 Å². The van der Waals surface area contributed by atoms with Crippen LogP contribution in [0.15, 0.2) is 36.4 Å². The maximum atomic E-state index is 14.3. The van der Waals surface area contributed by atoms with E-state index in [0.29, 0.717) is 17.1 Å². The van der Waals surface area contributed by atoms with Gasteiger partial charge < -0.3 is 14.8 Å². The topological polar surface area (TPSA) is 30.5 Å². The van der Waals surface area contributed by atoms with E-state index in [2.05, 4.69) is 5.32 Å². The molecule has 2 aromatic carbocycles. The van der Waals surface area contributed by atoms with Crippen molar-refractivity contribution in [3.05, 3.63) is 59.2 Å².